The number of fused-ring (bicyclic) bond motifs is 1. The zero-order chi connectivity index (χ0) is 14.0. The molecule has 0 aliphatic rings. The van der Waals surface area contributed by atoms with Crippen molar-refractivity contribution < 1.29 is 14.6 Å². The largest absolute Gasteiger partial charge is 0.495 e. The van der Waals surface area contributed by atoms with Crippen LogP contribution in [0.25, 0.3) is 10.9 Å². The van der Waals surface area contributed by atoms with E-state index >= 15 is 0 Å². The van der Waals surface area contributed by atoms with E-state index in [1.54, 1.807) is 22.9 Å². The number of benzene rings is 1. The molecule has 0 fully saturated rings. The maximum absolute atomic E-state index is 11.8. The SMILES string of the molecule is COc1cc2c(=O)ccn(CCC(=O)O)c2cc1Cl. The monoisotopic (exact) mass is 281 g/mol. The van der Waals surface area contributed by atoms with Gasteiger partial charge in [0.25, 0.3) is 0 Å². The molecule has 0 aliphatic heterocycles. The Kier molecular flexibility index (Phi) is 3.76. The molecular weight excluding hydrogens is 270 g/mol. The Morgan fingerprint density at radius 2 is 2.21 bits per heavy atom. The first kappa shape index (κ1) is 13.4. The molecule has 0 bridgehead atoms. The second kappa shape index (κ2) is 5.32. The van der Waals surface area contributed by atoms with Crippen LogP contribution in [0.4, 0.5) is 0 Å². The van der Waals surface area contributed by atoms with Gasteiger partial charge in [-0.15, -0.1) is 0 Å². The van der Waals surface area contributed by atoms with Gasteiger partial charge in [0.1, 0.15) is 5.75 Å². The minimum atomic E-state index is -0.897. The van der Waals surface area contributed by atoms with E-state index in [9.17, 15) is 9.59 Å². The summed E-state index contributed by atoms with van der Waals surface area (Å²) in [5, 5.41) is 9.55. The van der Waals surface area contributed by atoms with Gasteiger partial charge in [-0.3, -0.25) is 9.59 Å². The van der Waals surface area contributed by atoms with Crippen LogP contribution in [-0.4, -0.2) is 22.8 Å². The standard InChI is InChI=1S/C13H12ClNO4/c1-19-12-6-8-10(7-9(12)14)15(4-2-11(8)16)5-3-13(17)18/h2,4,6-7H,3,5H2,1H3,(H,17,18). The van der Waals surface area contributed by atoms with Crippen molar-refractivity contribution in [3.8, 4) is 5.75 Å². The van der Waals surface area contributed by atoms with Crippen LogP contribution in [0, 0.1) is 0 Å². The molecule has 0 unspecified atom stereocenters. The van der Waals surface area contributed by atoms with Crippen molar-refractivity contribution in [2.75, 3.05) is 7.11 Å². The van der Waals surface area contributed by atoms with Crippen LogP contribution >= 0.6 is 11.6 Å². The molecule has 0 aliphatic carbocycles. The predicted octanol–water partition coefficient (Wildman–Crippen LogP) is 2.14. The number of aryl methyl sites for hydroxylation is 1. The number of carboxylic acids is 1. The van der Waals surface area contributed by atoms with E-state index in [2.05, 4.69) is 0 Å². The van der Waals surface area contributed by atoms with Gasteiger partial charge >= 0.3 is 5.97 Å². The van der Waals surface area contributed by atoms with E-state index in [0.717, 1.165) is 0 Å². The highest BCUT2D eigenvalue weighted by molar-refractivity contribution is 6.32. The number of carbonyl (C=O) groups is 1. The summed E-state index contributed by atoms with van der Waals surface area (Å²) in [5.74, 6) is -0.478. The number of methoxy groups -OCH3 is 1. The quantitative estimate of drug-likeness (QED) is 0.932. The summed E-state index contributed by atoms with van der Waals surface area (Å²) < 4.78 is 6.76. The van der Waals surface area contributed by atoms with Gasteiger partial charge in [0.15, 0.2) is 5.43 Å². The number of carboxylic acid groups (broad SMARTS) is 1. The molecule has 100 valence electrons. The van der Waals surface area contributed by atoms with Gasteiger partial charge in [0.05, 0.1) is 24.1 Å². The number of nitrogens with zero attached hydrogens (tertiary/aromatic N) is 1. The molecular formula is C13H12ClNO4. The molecule has 1 heterocycles. The van der Waals surface area contributed by atoms with Crippen molar-refractivity contribution in [3.05, 3.63) is 39.6 Å². The topological polar surface area (TPSA) is 68.5 Å². The van der Waals surface area contributed by atoms with Crippen LogP contribution in [-0.2, 0) is 11.3 Å². The molecule has 5 nitrogen and oxygen atoms in total. The summed E-state index contributed by atoms with van der Waals surface area (Å²) in [7, 11) is 1.47. The number of ether oxygens (including phenoxy) is 1. The molecule has 0 radical (unpaired) electrons. The first-order chi connectivity index (χ1) is 9.02. The fourth-order valence-electron chi connectivity index (χ4n) is 1.87. The maximum Gasteiger partial charge on any atom is 0.305 e. The van der Waals surface area contributed by atoms with Crippen molar-refractivity contribution in [2.45, 2.75) is 13.0 Å². The van der Waals surface area contributed by atoms with Crippen molar-refractivity contribution in [1.82, 2.24) is 4.57 Å². The molecule has 19 heavy (non-hydrogen) atoms. The Morgan fingerprint density at radius 3 is 2.84 bits per heavy atom. The summed E-state index contributed by atoms with van der Waals surface area (Å²) >= 11 is 6.03. The van der Waals surface area contributed by atoms with E-state index in [4.69, 9.17) is 21.4 Å². The van der Waals surface area contributed by atoms with E-state index in [0.29, 0.717) is 21.7 Å². The normalized spacial score (nSPS) is 10.6. The van der Waals surface area contributed by atoms with E-state index in [-0.39, 0.29) is 18.4 Å². The highest BCUT2D eigenvalue weighted by atomic mass is 35.5. The van der Waals surface area contributed by atoms with Crippen LogP contribution in [0.1, 0.15) is 6.42 Å². The van der Waals surface area contributed by atoms with E-state index < -0.39 is 5.97 Å². The maximum atomic E-state index is 11.8. The number of rotatable bonds is 4. The van der Waals surface area contributed by atoms with Crippen molar-refractivity contribution in [2.24, 2.45) is 0 Å². The molecule has 2 rings (SSSR count). The fourth-order valence-corrected chi connectivity index (χ4v) is 2.11. The first-order valence-electron chi connectivity index (χ1n) is 5.61. The molecule has 1 aromatic carbocycles. The van der Waals surface area contributed by atoms with Crippen LogP contribution in [0.2, 0.25) is 5.02 Å². The van der Waals surface area contributed by atoms with Gasteiger partial charge in [-0.2, -0.15) is 0 Å². The number of aromatic nitrogens is 1. The number of hydrogen-bond acceptors (Lipinski definition) is 3. The lowest BCUT2D eigenvalue weighted by Gasteiger charge is -2.11. The molecule has 0 saturated heterocycles. The van der Waals surface area contributed by atoms with Gasteiger partial charge in [-0.25, -0.2) is 0 Å². The fraction of sp³-hybridized carbons (Fsp3) is 0.231. The van der Waals surface area contributed by atoms with Crippen molar-refractivity contribution in [3.63, 3.8) is 0 Å². The summed E-state index contributed by atoms with van der Waals surface area (Å²) in [6.45, 7) is 0.273. The molecule has 0 atom stereocenters. The van der Waals surface area contributed by atoms with Crippen LogP contribution in [0.3, 0.4) is 0 Å². The highest BCUT2D eigenvalue weighted by Gasteiger charge is 2.09. The summed E-state index contributed by atoms with van der Waals surface area (Å²) in [6, 6.07) is 4.58. The van der Waals surface area contributed by atoms with E-state index in [1.807, 2.05) is 0 Å². The molecule has 0 saturated carbocycles. The van der Waals surface area contributed by atoms with Crippen molar-refractivity contribution >= 4 is 28.5 Å². The highest BCUT2D eigenvalue weighted by Crippen LogP contribution is 2.28. The zero-order valence-electron chi connectivity index (χ0n) is 10.2. The number of hydrogen-bond donors (Lipinski definition) is 1. The number of aliphatic carboxylic acids is 1. The van der Waals surface area contributed by atoms with Crippen LogP contribution in [0.15, 0.2) is 29.2 Å². The molecule has 1 aromatic heterocycles. The molecule has 0 spiro atoms. The Balaban J connectivity index is 2.61. The zero-order valence-corrected chi connectivity index (χ0v) is 11.0. The average Bonchev–Trinajstić information content (AvgIpc) is 2.37. The summed E-state index contributed by atoms with van der Waals surface area (Å²) in [5.41, 5.74) is 0.441. The molecule has 1 N–H and O–H groups in total. The van der Waals surface area contributed by atoms with E-state index in [1.165, 1.54) is 13.2 Å². The Morgan fingerprint density at radius 1 is 1.47 bits per heavy atom. The second-order valence-corrected chi connectivity index (χ2v) is 4.43. The Labute approximate surface area is 114 Å². The number of pyridine rings is 1. The van der Waals surface area contributed by atoms with Crippen LogP contribution in [0.5, 0.6) is 5.75 Å². The van der Waals surface area contributed by atoms with Crippen LogP contribution < -0.4 is 10.2 Å². The minimum absolute atomic E-state index is 0.0262. The van der Waals surface area contributed by atoms with Crippen molar-refractivity contribution in [1.29, 1.82) is 0 Å². The Hall–Kier alpha value is -2.01. The van der Waals surface area contributed by atoms with Gasteiger partial charge < -0.3 is 14.4 Å². The third kappa shape index (κ3) is 2.71. The third-order valence-electron chi connectivity index (χ3n) is 2.82. The van der Waals surface area contributed by atoms with Gasteiger partial charge in [0.2, 0.25) is 0 Å². The number of halogens is 1. The van der Waals surface area contributed by atoms with Gasteiger partial charge in [-0.05, 0) is 12.1 Å². The second-order valence-electron chi connectivity index (χ2n) is 4.02. The lowest BCUT2D eigenvalue weighted by Crippen LogP contribution is -2.10. The smallest absolute Gasteiger partial charge is 0.305 e. The summed E-state index contributed by atoms with van der Waals surface area (Å²) in [4.78, 5) is 22.4. The summed E-state index contributed by atoms with van der Waals surface area (Å²) in [6.07, 6.45) is 1.54. The van der Waals surface area contributed by atoms with Gasteiger partial charge in [0, 0.05) is 24.2 Å². The first-order valence-corrected chi connectivity index (χ1v) is 5.99. The minimum Gasteiger partial charge on any atom is -0.495 e. The third-order valence-corrected chi connectivity index (χ3v) is 3.11. The Bertz CT molecular complexity index is 693. The molecule has 0 amide bonds. The predicted molar refractivity (Wildman–Crippen MR) is 72.0 cm³/mol. The van der Waals surface area contributed by atoms with Gasteiger partial charge in [-0.1, -0.05) is 11.6 Å². The molecule has 2 aromatic rings. The molecule has 6 heteroatoms. The lowest BCUT2D eigenvalue weighted by molar-refractivity contribution is -0.137. The lowest BCUT2D eigenvalue weighted by atomic mass is 10.2. The average molecular weight is 282 g/mol.